The number of hydrogen-bond donors (Lipinski definition) is 0. The third-order valence-electron chi connectivity index (χ3n) is 5.61. The van der Waals surface area contributed by atoms with E-state index in [0.717, 1.165) is 46.6 Å². The lowest BCUT2D eigenvalue weighted by Gasteiger charge is -2.11. The van der Waals surface area contributed by atoms with Gasteiger partial charge in [0.1, 0.15) is 0 Å². The topological polar surface area (TPSA) is 0 Å². The van der Waals surface area contributed by atoms with Crippen LogP contribution in [0.3, 0.4) is 0 Å². The molecule has 0 aliphatic heterocycles. The van der Waals surface area contributed by atoms with Gasteiger partial charge in [0.25, 0.3) is 0 Å². The van der Waals surface area contributed by atoms with Crippen LogP contribution >= 0.6 is 11.3 Å². The van der Waals surface area contributed by atoms with Crippen molar-refractivity contribution in [2.24, 2.45) is 0 Å². The van der Waals surface area contributed by atoms with Gasteiger partial charge in [-0.3, -0.25) is 0 Å². The summed E-state index contributed by atoms with van der Waals surface area (Å²) in [6.07, 6.45) is 4.18. The largest absolute Gasteiger partial charge is 0.118 e. The molecule has 4 aliphatic carbocycles. The van der Waals surface area contributed by atoms with E-state index < -0.39 is 0 Å². The fourth-order valence-corrected chi connectivity index (χ4v) is 4.52. The third-order valence-corrected chi connectivity index (χ3v) is 6.53. The maximum atomic E-state index is 3.46. The molecule has 148 valence electrons. The second-order valence-corrected chi connectivity index (χ2v) is 8.92. The molecule has 4 aliphatic rings. The van der Waals surface area contributed by atoms with Gasteiger partial charge in [0, 0.05) is 11.1 Å². The molecule has 0 saturated heterocycles. The summed E-state index contributed by atoms with van der Waals surface area (Å²) in [6.45, 7) is 0. The molecule has 0 spiro atoms. The molecule has 0 unspecified atom stereocenters. The Hall–Kier alpha value is -3.52. The van der Waals surface area contributed by atoms with Crippen LogP contribution in [0.25, 0.3) is 0 Å². The minimum absolute atomic E-state index is 1.02. The molecule has 1 heteroatoms. The molecule has 31 heavy (non-hydrogen) atoms. The van der Waals surface area contributed by atoms with Gasteiger partial charge in [-0.2, -0.15) is 0 Å². The van der Waals surface area contributed by atoms with Crippen molar-refractivity contribution in [3.8, 4) is 23.7 Å². The van der Waals surface area contributed by atoms with Gasteiger partial charge in [-0.1, -0.05) is 78.3 Å². The van der Waals surface area contributed by atoms with Gasteiger partial charge in [-0.15, -0.1) is 11.3 Å². The Morgan fingerprint density at radius 3 is 1.87 bits per heavy atom. The highest BCUT2D eigenvalue weighted by Gasteiger charge is 2.07. The Balaban J connectivity index is 1.39. The molecule has 4 aromatic rings. The molecule has 1 aromatic heterocycles. The second kappa shape index (κ2) is 9.09. The van der Waals surface area contributed by atoms with Crippen LogP contribution in [0.15, 0.2) is 84.9 Å². The van der Waals surface area contributed by atoms with Crippen molar-refractivity contribution in [2.45, 2.75) is 25.7 Å². The van der Waals surface area contributed by atoms with Crippen LogP contribution < -0.4 is 0 Å². The van der Waals surface area contributed by atoms with Crippen molar-refractivity contribution in [3.63, 3.8) is 0 Å². The monoisotopic (exact) mass is 414 g/mol. The average Bonchev–Trinajstić information content (AvgIpc) is 3.27. The molecule has 0 atom stereocenters. The van der Waals surface area contributed by atoms with Crippen molar-refractivity contribution < 1.29 is 0 Å². The van der Waals surface area contributed by atoms with Crippen LogP contribution in [0.4, 0.5) is 0 Å². The molecule has 3 aromatic carbocycles. The highest BCUT2D eigenvalue weighted by atomic mass is 32.1. The van der Waals surface area contributed by atoms with Crippen LogP contribution in [-0.2, 0) is 25.7 Å². The quantitative estimate of drug-likeness (QED) is 0.291. The highest BCUT2D eigenvalue weighted by Crippen LogP contribution is 2.20. The van der Waals surface area contributed by atoms with Gasteiger partial charge in [-0.05, 0) is 78.3 Å². The van der Waals surface area contributed by atoms with Crippen LogP contribution in [0.5, 0.6) is 0 Å². The van der Waals surface area contributed by atoms with E-state index in [4.69, 9.17) is 0 Å². The predicted molar refractivity (Wildman–Crippen MR) is 130 cm³/mol. The summed E-state index contributed by atoms with van der Waals surface area (Å²) in [5.41, 5.74) is 7.70. The maximum absolute atomic E-state index is 3.46. The minimum atomic E-state index is 1.02. The van der Waals surface area contributed by atoms with Gasteiger partial charge in [0.2, 0.25) is 0 Å². The molecule has 8 rings (SSSR count). The smallest absolute Gasteiger partial charge is 0.0785 e. The average molecular weight is 415 g/mol. The van der Waals surface area contributed by atoms with Gasteiger partial charge >= 0.3 is 0 Å². The van der Waals surface area contributed by atoms with Crippen LogP contribution in [0.1, 0.15) is 43.1 Å². The summed E-state index contributed by atoms with van der Waals surface area (Å²) in [7, 11) is 0. The zero-order valence-corrected chi connectivity index (χ0v) is 18.1. The highest BCUT2D eigenvalue weighted by molar-refractivity contribution is 7.13. The molecular weight excluding hydrogens is 392 g/mol. The summed E-state index contributed by atoms with van der Waals surface area (Å²) in [5.74, 6) is 13.3. The van der Waals surface area contributed by atoms with E-state index >= 15 is 0 Å². The Morgan fingerprint density at radius 1 is 0.516 bits per heavy atom. The van der Waals surface area contributed by atoms with Gasteiger partial charge in [0.05, 0.1) is 9.75 Å². The Kier molecular flexibility index (Phi) is 5.70. The van der Waals surface area contributed by atoms with Crippen molar-refractivity contribution in [3.05, 3.63) is 128 Å². The molecule has 4 bridgehead atoms. The Bertz CT molecular complexity index is 1320. The van der Waals surface area contributed by atoms with Crippen molar-refractivity contribution in [1.82, 2.24) is 0 Å². The van der Waals surface area contributed by atoms with Gasteiger partial charge in [0.15, 0.2) is 0 Å². The van der Waals surface area contributed by atoms with Crippen molar-refractivity contribution in [1.29, 1.82) is 0 Å². The number of thiophene rings is 1. The molecule has 0 radical (unpaired) electrons. The van der Waals surface area contributed by atoms with E-state index in [1.807, 2.05) is 30.3 Å². The lowest BCUT2D eigenvalue weighted by molar-refractivity contribution is 0.918. The fourth-order valence-electron chi connectivity index (χ4n) is 3.81. The summed E-state index contributed by atoms with van der Waals surface area (Å²) < 4.78 is 0. The molecule has 1 heterocycles. The lowest BCUT2D eigenvalue weighted by atomic mass is 9.93. The minimum Gasteiger partial charge on any atom is -0.118 e. The summed E-state index contributed by atoms with van der Waals surface area (Å²) in [6, 6.07) is 30.2. The SMILES string of the molecule is C(#Cc1ccc(C#Cc2cc3ccc2CCc2ccc(cc2)CC3)s1)c1ccccc1. The first-order valence-electron chi connectivity index (χ1n) is 10.7. The molecule has 0 N–H and O–H groups in total. The van der Waals surface area contributed by atoms with Crippen LogP contribution in [0, 0.1) is 23.7 Å². The number of aryl methyl sites for hydroxylation is 4. The number of benzene rings is 3. The van der Waals surface area contributed by atoms with E-state index in [0.29, 0.717) is 0 Å². The first-order chi connectivity index (χ1) is 15.3. The Labute approximate surface area is 188 Å². The molecule has 0 fully saturated rings. The summed E-state index contributed by atoms with van der Waals surface area (Å²) in [5, 5.41) is 0. The van der Waals surface area contributed by atoms with Gasteiger partial charge < -0.3 is 0 Å². The van der Waals surface area contributed by atoms with E-state index in [9.17, 15) is 0 Å². The van der Waals surface area contributed by atoms with Crippen molar-refractivity contribution in [2.75, 3.05) is 0 Å². The Morgan fingerprint density at radius 2 is 1.13 bits per heavy atom. The molecule has 0 amide bonds. The first kappa shape index (κ1) is 19.4. The molecule has 0 nitrogen and oxygen atoms in total. The fraction of sp³-hybridized carbons (Fsp3) is 0.133. The molecule has 0 saturated carbocycles. The summed E-state index contributed by atoms with van der Waals surface area (Å²) in [4.78, 5) is 2.11. The zero-order chi connectivity index (χ0) is 20.9. The van der Waals surface area contributed by atoms with E-state index in [1.165, 1.54) is 22.3 Å². The summed E-state index contributed by atoms with van der Waals surface area (Å²) >= 11 is 1.66. The molecular formula is C30H22S. The van der Waals surface area contributed by atoms with E-state index in [1.54, 1.807) is 11.3 Å². The van der Waals surface area contributed by atoms with Gasteiger partial charge in [-0.25, -0.2) is 0 Å². The first-order valence-corrected chi connectivity index (χ1v) is 11.5. The lowest BCUT2D eigenvalue weighted by Crippen LogP contribution is -2.00. The third kappa shape index (κ3) is 4.97. The standard InChI is InChI=1S/C30H22S/c1-2-4-23(5-3-1)14-18-29-20-21-30(31-29)19-17-28-22-26-11-10-24-6-8-25(9-7-24)12-15-27(28)16-13-26/h1-9,13,16,20-22H,10-12,15H2. The van der Waals surface area contributed by atoms with Crippen molar-refractivity contribution >= 4 is 11.3 Å². The van der Waals surface area contributed by atoms with Crippen LogP contribution in [-0.4, -0.2) is 0 Å². The predicted octanol–water partition coefficient (Wildman–Crippen LogP) is 6.43. The normalized spacial score (nSPS) is 12.1. The number of rotatable bonds is 0. The van der Waals surface area contributed by atoms with E-state index in [-0.39, 0.29) is 0 Å². The van der Waals surface area contributed by atoms with Crippen LogP contribution in [0.2, 0.25) is 0 Å². The zero-order valence-electron chi connectivity index (χ0n) is 17.3. The number of hydrogen-bond acceptors (Lipinski definition) is 1. The van der Waals surface area contributed by atoms with E-state index in [2.05, 4.69) is 78.3 Å². The maximum Gasteiger partial charge on any atom is 0.0785 e. The second-order valence-electron chi connectivity index (χ2n) is 7.84.